The van der Waals surface area contributed by atoms with Crippen LogP contribution < -0.4 is 5.73 Å². The number of carbonyl (C=O) groups is 1. The molecular weight excluding hydrogens is 236 g/mol. The van der Waals surface area contributed by atoms with Crippen LogP contribution in [0.1, 0.15) is 30.4 Å². The molecule has 0 aromatic heterocycles. The maximum atomic E-state index is 12.1. The Morgan fingerprint density at radius 3 is 2.47 bits per heavy atom. The first-order chi connectivity index (χ1) is 9.19. The second kappa shape index (κ2) is 6.71. The normalized spacial score (nSPS) is 16.6. The maximum Gasteiger partial charge on any atom is 0.222 e. The van der Waals surface area contributed by atoms with Gasteiger partial charge in [-0.1, -0.05) is 29.8 Å². The third-order valence-electron chi connectivity index (χ3n) is 4.05. The topological polar surface area (TPSA) is 46.3 Å². The van der Waals surface area contributed by atoms with Crippen molar-refractivity contribution < 1.29 is 4.79 Å². The van der Waals surface area contributed by atoms with Gasteiger partial charge in [0, 0.05) is 19.5 Å². The van der Waals surface area contributed by atoms with E-state index >= 15 is 0 Å². The van der Waals surface area contributed by atoms with Crippen molar-refractivity contribution in [3.05, 3.63) is 35.4 Å². The van der Waals surface area contributed by atoms with Crippen LogP contribution in [-0.4, -0.2) is 30.4 Å². The lowest BCUT2D eigenvalue weighted by Crippen LogP contribution is -2.40. The quantitative estimate of drug-likeness (QED) is 0.901. The van der Waals surface area contributed by atoms with Crippen LogP contribution in [0.4, 0.5) is 0 Å². The van der Waals surface area contributed by atoms with Crippen molar-refractivity contribution in [1.82, 2.24) is 4.90 Å². The Bertz CT molecular complexity index is 405. The summed E-state index contributed by atoms with van der Waals surface area (Å²) in [4.78, 5) is 14.1. The van der Waals surface area contributed by atoms with Gasteiger partial charge in [0.15, 0.2) is 0 Å². The molecule has 3 heteroatoms. The summed E-state index contributed by atoms with van der Waals surface area (Å²) in [6.45, 7) is 4.60. The minimum absolute atomic E-state index is 0.288. The molecule has 0 bridgehead atoms. The molecule has 1 aliphatic rings. The molecule has 0 saturated carbocycles. The number of amides is 1. The van der Waals surface area contributed by atoms with E-state index in [1.807, 2.05) is 4.90 Å². The molecular formula is C16H24N2O. The zero-order valence-corrected chi connectivity index (χ0v) is 11.8. The number of piperidine rings is 1. The van der Waals surface area contributed by atoms with Crippen LogP contribution in [-0.2, 0) is 11.2 Å². The van der Waals surface area contributed by atoms with Crippen LogP contribution >= 0.6 is 0 Å². The van der Waals surface area contributed by atoms with Crippen LogP contribution in [0.3, 0.4) is 0 Å². The molecule has 1 aromatic carbocycles. The van der Waals surface area contributed by atoms with E-state index in [1.165, 1.54) is 11.1 Å². The third kappa shape index (κ3) is 4.06. The Morgan fingerprint density at radius 1 is 1.26 bits per heavy atom. The molecule has 1 fully saturated rings. The highest BCUT2D eigenvalue weighted by Gasteiger charge is 2.21. The van der Waals surface area contributed by atoms with Crippen LogP contribution in [0.2, 0.25) is 0 Å². The zero-order chi connectivity index (χ0) is 13.7. The molecule has 1 saturated heterocycles. The van der Waals surface area contributed by atoms with Crippen molar-refractivity contribution in [1.29, 1.82) is 0 Å². The van der Waals surface area contributed by atoms with Crippen LogP contribution in [0.15, 0.2) is 24.3 Å². The first-order valence-corrected chi connectivity index (χ1v) is 7.22. The van der Waals surface area contributed by atoms with Gasteiger partial charge in [0.25, 0.3) is 0 Å². The van der Waals surface area contributed by atoms with Gasteiger partial charge in [-0.25, -0.2) is 0 Å². The van der Waals surface area contributed by atoms with E-state index in [2.05, 4.69) is 31.2 Å². The predicted molar refractivity (Wildman–Crippen MR) is 77.9 cm³/mol. The second-order valence-corrected chi connectivity index (χ2v) is 5.55. The van der Waals surface area contributed by atoms with E-state index in [-0.39, 0.29) is 5.91 Å². The number of carbonyl (C=O) groups excluding carboxylic acids is 1. The van der Waals surface area contributed by atoms with E-state index in [0.29, 0.717) is 12.3 Å². The Hall–Kier alpha value is -1.35. The molecule has 0 unspecified atom stereocenters. The van der Waals surface area contributed by atoms with Gasteiger partial charge < -0.3 is 10.6 Å². The molecule has 1 amide bonds. The Kier molecular flexibility index (Phi) is 4.97. The van der Waals surface area contributed by atoms with Gasteiger partial charge in [-0.3, -0.25) is 4.79 Å². The fourth-order valence-electron chi connectivity index (χ4n) is 2.58. The lowest BCUT2D eigenvalue weighted by molar-refractivity contribution is -0.132. The first-order valence-electron chi connectivity index (χ1n) is 7.22. The molecule has 0 radical (unpaired) electrons. The Balaban J connectivity index is 1.77. The molecule has 1 heterocycles. The van der Waals surface area contributed by atoms with Gasteiger partial charge in [-0.15, -0.1) is 0 Å². The summed E-state index contributed by atoms with van der Waals surface area (Å²) < 4.78 is 0. The van der Waals surface area contributed by atoms with Crippen molar-refractivity contribution in [3.63, 3.8) is 0 Å². The van der Waals surface area contributed by atoms with Crippen LogP contribution in [0, 0.1) is 12.8 Å². The van der Waals surface area contributed by atoms with Crippen molar-refractivity contribution in [2.75, 3.05) is 19.6 Å². The molecule has 2 N–H and O–H groups in total. The van der Waals surface area contributed by atoms with E-state index in [1.54, 1.807) is 0 Å². The summed E-state index contributed by atoms with van der Waals surface area (Å²) in [5.41, 5.74) is 8.18. The largest absolute Gasteiger partial charge is 0.343 e. The van der Waals surface area contributed by atoms with Crippen molar-refractivity contribution in [2.24, 2.45) is 11.7 Å². The van der Waals surface area contributed by atoms with Gasteiger partial charge in [-0.2, -0.15) is 0 Å². The summed E-state index contributed by atoms with van der Waals surface area (Å²) in [7, 11) is 0. The van der Waals surface area contributed by atoms with Gasteiger partial charge in [0.05, 0.1) is 0 Å². The Morgan fingerprint density at radius 2 is 1.89 bits per heavy atom. The van der Waals surface area contributed by atoms with E-state index in [0.717, 1.165) is 38.9 Å². The number of hydrogen-bond donors (Lipinski definition) is 1. The summed E-state index contributed by atoms with van der Waals surface area (Å²) in [6, 6.07) is 8.44. The average Bonchev–Trinajstić information content (AvgIpc) is 2.46. The molecule has 1 aliphatic heterocycles. The highest BCUT2D eigenvalue weighted by molar-refractivity contribution is 5.76. The number of aryl methyl sites for hydroxylation is 2. The summed E-state index contributed by atoms with van der Waals surface area (Å²) >= 11 is 0. The summed E-state index contributed by atoms with van der Waals surface area (Å²) in [5.74, 6) is 0.900. The van der Waals surface area contributed by atoms with Gasteiger partial charge >= 0.3 is 0 Å². The van der Waals surface area contributed by atoms with Gasteiger partial charge in [0.2, 0.25) is 5.91 Å². The fraction of sp³-hybridized carbons (Fsp3) is 0.562. The Labute approximate surface area is 115 Å². The van der Waals surface area contributed by atoms with E-state index in [9.17, 15) is 4.79 Å². The summed E-state index contributed by atoms with van der Waals surface area (Å²) in [5, 5.41) is 0. The summed E-state index contributed by atoms with van der Waals surface area (Å²) in [6.07, 6.45) is 3.59. The number of rotatable bonds is 4. The molecule has 2 rings (SSSR count). The molecule has 0 atom stereocenters. The average molecular weight is 260 g/mol. The lowest BCUT2D eigenvalue weighted by Gasteiger charge is -2.31. The molecule has 1 aromatic rings. The highest BCUT2D eigenvalue weighted by atomic mass is 16.2. The first kappa shape index (κ1) is 14.1. The predicted octanol–water partition coefficient (Wildman–Crippen LogP) is 2.12. The number of nitrogens with zero attached hydrogens (tertiary/aromatic N) is 1. The maximum absolute atomic E-state index is 12.1. The standard InChI is InChI=1S/C16H24N2O/c1-13-2-4-14(5-3-13)6-7-16(19)18-10-8-15(12-17)9-11-18/h2-5,15H,6-12,17H2,1H3. The number of hydrogen-bond acceptors (Lipinski definition) is 2. The van der Waals surface area contributed by atoms with E-state index in [4.69, 9.17) is 5.73 Å². The fourth-order valence-corrected chi connectivity index (χ4v) is 2.58. The van der Waals surface area contributed by atoms with Crippen molar-refractivity contribution in [3.8, 4) is 0 Å². The minimum atomic E-state index is 0.288. The smallest absolute Gasteiger partial charge is 0.222 e. The monoisotopic (exact) mass is 260 g/mol. The van der Waals surface area contributed by atoms with Gasteiger partial charge in [-0.05, 0) is 44.2 Å². The van der Waals surface area contributed by atoms with Crippen LogP contribution in [0.25, 0.3) is 0 Å². The van der Waals surface area contributed by atoms with Crippen LogP contribution in [0.5, 0.6) is 0 Å². The third-order valence-corrected chi connectivity index (χ3v) is 4.05. The SMILES string of the molecule is Cc1ccc(CCC(=O)N2CCC(CN)CC2)cc1. The molecule has 19 heavy (non-hydrogen) atoms. The van der Waals surface area contributed by atoms with Crippen molar-refractivity contribution in [2.45, 2.75) is 32.6 Å². The second-order valence-electron chi connectivity index (χ2n) is 5.55. The number of likely N-dealkylation sites (tertiary alicyclic amines) is 1. The van der Waals surface area contributed by atoms with Crippen molar-refractivity contribution >= 4 is 5.91 Å². The molecule has 104 valence electrons. The van der Waals surface area contributed by atoms with Gasteiger partial charge in [0.1, 0.15) is 0 Å². The molecule has 3 nitrogen and oxygen atoms in total. The number of nitrogens with two attached hydrogens (primary N) is 1. The lowest BCUT2D eigenvalue weighted by atomic mass is 9.96. The molecule has 0 aliphatic carbocycles. The van der Waals surface area contributed by atoms with E-state index < -0.39 is 0 Å². The highest BCUT2D eigenvalue weighted by Crippen LogP contribution is 2.17. The minimum Gasteiger partial charge on any atom is -0.343 e. The number of benzene rings is 1. The molecule has 0 spiro atoms. The zero-order valence-electron chi connectivity index (χ0n) is 11.8.